The van der Waals surface area contributed by atoms with E-state index in [2.05, 4.69) is 55.6 Å². The van der Waals surface area contributed by atoms with E-state index in [0.717, 1.165) is 12.0 Å². The van der Waals surface area contributed by atoms with E-state index < -0.39 is 0 Å². The van der Waals surface area contributed by atoms with E-state index in [0.29, 0.717) is 0 Å². The quantitative estimate of drug-likeness (QED) is 0.862. The van der Waals surface area contributed by atoms with Crippen LogP contribution in [0.1, 0.15) is 37.2 Å². The lowest BCUT2D eigenvalue weighted by atomic mass is 9.82. The van der Waals surface area contributed by atoms with E-state index in [-0.39, 0.29) is 0 Å². The number of anilines is 1. The Balaban J connectivity index is 1.99. The molecule has 2 heteroatoms. The molecule has 1 fully saturated rings. The van der Waals surface area contributed by atoms with Gasteiger partial charge in [-0.25, -0.2) is 0 Å². The zero-order valence-corrected chi connectivity index (χ0v) is 11.2. The number of benzene rings is 1. The van der Waals surface area contributed by atoms with Gasteiger partial charge in [-0.3, -0.25) is 0 Å². The molecular weight excluding hydrogens is 208 g/mol. The summed E-state index contributed by atoms with van der Waals surface area (Å²) >= 11 is 0. The van der Waals surface area contributed by atoms with Gasteiger partial charge in [0.1, 0.15) is 0 Å². The first-order chi connectivity index (χ1) is 8.20. The number of hydrogen-bond acceptors (Lipinski definition) is 2. The maximum absolute atomic E-state index is 3.39. The van der Waals surface area contributed by atoms with Crippen molar-refractivity contribution in [3.05, 3.63) is 29.8 Å². The zero-order valence-electron chi connectivity index (χ0n) is 11.2. The highest BCUT2D eigenvalue weighted by molar-refractivity contribution is 5.46. The van der Waals surface area contributed by atoms with Gasteiger partial charge in [0.05, 0.1) is 0 Å². The fourth-order valence-corrected chi connectivity index (χ4v) is 2.76. The van der Waals surface area contributed by atoms with E-state index in [4.69, 9.17) is 0 Å². The largest absolute Gasteiger partial charge is 0.378 e. The average molecular weight is 232 g/mol. The smallest absolute Gasteiger partial charge is 0.0361 e. The van der Waals surface area contributed by atoms with Crippen LogP contribution in [-0.4, -0.2) is 27.2 Å². The van der Waals surface area contributed by atoms with Crippen molar-refractivity contribution >= 4 is 5.69 Å². The van der Waals surface area contributed by atoms with Crippen molar-refractivity contribution in [2.75, 3.05) is 26.0 Å². The van der Waals surface area contributed by atoms with Crippen LogP contribution < -0.4 is 10.2 Å². The Kier molecular flexibility index (Phi) is 4.06. The zero-order chi connectivity index (χ0) is 12.3. The average Bonchev–Trinajstić information content (AvgIpc) is 2.39. The second-order valence-electron chi connectivity index (χ2n) is 5.32. The lowest BCUT2D eigenvalue weighted by molar-refractivity contribution is 0.359. The van der Waals surface area contributed by atoms with Crippen LogP contribution in [0.5, 0.6) is 0 Å². The molecule has 94 valence electrons. The summed E-state index contributed by atoms with van der Waals surface area (Å²) in [5.41, 5.74) is 2.81. The molecule has 0 spiro atoms. The highest BCUT2D eigenvalue weighted by atomic mass is 15.1. The maximum Gasteiger partial charge on any atom is 0.0361 e. The van der Waals surface area contributed by atoms with Gasteiger partial charge >= 0.3 is 0 Å². The van der Waals surface area contributed by atoms with Gasteiger partial charge in [-0.2, -0.15) is 0 Å². The summed E-state index contributed by atoms with van der Waals surface area (Å²) in [7, 11) is 6.26. The van der Waals surface area contributed by atoms with Crippen molar-refractivity contribution in [3.8, 4) is 0 Å². The highest BCUT2D eigenvalue weighted by Crippen LogP contribution is 2.33. The van der Waals surface area contributed by atoms with Gasteiger partial charge in [0.25, 0.3) is 0 Å². The van der Waals surface area contributed by atoms with Crippen LogP contribution in [0, 0.1) is 0 Å². The number of rotatable bonds is 3. The summed E-state index contributed by atoms with van der Waals surface area (Å²) in [4.78, 5) is 2.15. The summed E-state index contributed by atoms with van der Waals surface area (Å²) in [6.45, 7) is 0. The van der Waals surface area contributed by atoms with Crippen molar-refractivity contribution in [2.24, 2.45) is 0 Å². The third-order valence-electron chi connectivity index (χ3n) is 4.02. The molecule has 1 aliphatic rings. The molecule has 1 N–H and O–H groups in total. The van der Waals surface area contributed by atoms with Gasteiger partial charge in [-0.15, -0.1) is 0 Å². The summed E-state index contributed by atoms with van der Waals surface area (Å²) in [5.74, 6) is 0.774. The first kappa shape index (κ1) is 12.4. The molecule has 1 saturated carbocycles. The molecule has 1 aliphatic carbocycles. The second-order valence-corrected chi connectivity index (χ2v) is 5.32. The van der Waals surface area contributed by atoms with E-state index in [1.54, 1.807) is 0 Å². The SMILES string of the molecule is CNC1CCC(c2ccc(N(C)C)cc2)CC1. The molecule has 2 rings (SSSR count). The Hall–Kier alpha value is -1.02. The normalized spacial score (nSPS) is 24.6. The van der Waals surface area contributed by atoms with Gasteiger partial charge in [-0.05, 0) is 56.3 Å². The van der Waals surface area contributed by atoms with Crippen LogP contribution in [0.2, 0.25) is 0 Å². The Morgan fingerprint density at radius 3 is 2.06 bits per heavy atom. The predicted octanol–water partition coefficient (Wildman–Crippen LogP) is 3.00. The fourth-order valence-electron chi connectivity index (χ4n) is 2.76. The van der Waals surface area contributed by atoms with Gasteiger partial charge in [0, 0.05) is 25.8 Å². The van der Waals surface area contributed by atoms with E-state index in [1.165, 1.54) is 36.9 Å². The lowest BCUT2D eigenvalue weighted by Gasteiger charge is -2.28. The maximum atomic E-state index is 3.39. The Morgan fingerprint density at radius 2 is 1.59 bits per heavy atom. The molecule has 1 aromatic rings. The molecule has 0 atom stereocenters. The van der Waals surface area contributed by atoms with Crippen molar-refractivity contribution in [2.45, 2.75) is 37.6 Å². The van der Waals surface area contributed by atoms with Gasteiger partial charge in [0.15, 0.2) is 0 Å². The minimum atomic E-state index is 0.743. The third kappa shape index (κ3) is 3.01. The summed E-state index contributed by atoms with van der Waals surface area (Å²) in [6, 6.07) is 9.82. The Bertz CT molecular complexity index is 334. The lowest BCUT2D eigenvalue weighted by Crippen LogP contribution is -2.29. The molecule has 2 nitrogen and oxygen atoms in total. The number of hydrogen-bond donors (Lipinski definition) is 1. The van der Waals surface area contributed by atoms with Crippen molar-refractivity contribution in [1.29, 1.82) is 0 Å². The Morgan fingerprint density at radius 1 is 1.00 bits per heavy atom. The Labute approximate surface area is 105 Å². The van der Waals surface area contributed by atoms with Crippen molar-refractivity contribution in [3.63, 3.8) is 0 Å². The van der Waals surface area contributed by atoms with Crippen molar-refractivity contribution in [1.82, 2.24) is 5.32 Å². The van der Waals surface area contributed by atoms with Crippen LogP contribution in [0.4, 0.5) is 5.69 Å². The minimum Gasteiger partial charge on any atom is -0.378 e. The molecule has 0 saturated heterocycles. The highest BCUT2D eigenvalue weighted by Gasteiger charge is 2.20. The van der Waals surface area contributed by atoms with Crippen molar-refractivity contribution < 1.29 is 0 Å². The summed E-state index contributed by atoms with van der Waals surface area (Å²) in [6.07, 6.45) is 5.28. The fraction of sp³-hybridized carbons (Fsp3) is 0.600. The van der Waals surface area contributed by atoms with E-state index in [1.807, 2.05) is 0 Å². The molecular formula is C15H24N2. The molecule has 0 radical (unpaired) electrons. The van der Waals surface area contributed by atoms with Crippen LogP contribution >= 0.6 is 0 Å². The molecule has 0 unspecified atom stereocenters. The van der Waals surface area contributed by atoms with Crippen LogP contribution in [-0.2, 0) is 0 Å². The standard InChI is InChI=1S/C15H24N2/c1-16-14-8-4-12(5-9-14)13-6-10-15(11-7-13)17(2)3/h6-7,10-12,14,16H,4-5,8-9H2,1-3H3. The molecule has 0 bridgehead atoms. The van der Waals surface area contributed by atoms with E-state index in [9.17, 15) is 0 Å². The summed E-state index contributed by atoms with van der Waals surface area (Å²) < 4.78 is 0. The van der Waals surface area contributed by atoms with Crippen LogP contribution in [0.25, 0.3) is 0 Å². The predicted molar refractivity (Wildman–Crippen MR) is 74.8 cm³/mol. The minimum absolute atomic E-state index is 0.743. The van der Waals surface area contributed by atoms with E-state index >= 15 is 0 Å². The van der Waals surface area contributed by atoms with Gasteiger partial charge in [0.2, 0.25) is 0 Å². The van der Waals surface area contributed by atoms with Crippen LogP contribution in [0.15, 0.2) is 24.3 Å². The van der Waals surface area contributed by atoms with Crippen LogP contribution in [0.3, 0.4) is 0 Å². The first-order valence-corrected chi connectivity index (χ1v) is 6.65. The molecule has 0 aromatic heterocycles. The monoisotopic (exact) mass is 232 g/mol. The first-order valence-electron chi connectivity index (χ1n) is 6.65. The number of nitrogens with zero attached hydrogens (tertiary/aromatic N) is 1. The second kappa shape index (κ2) is 5.54. The van der Waals surface area contributed by atoms with Gasteiger partial charge in [-0.1, -0.05) is 12.1 Å². The molecule has 17 heavy (non-hydrogen) atoms. The third-order valence-corrected chi connectivity index (χ3v) is 4.02. The molecule has 0 heterocycles. The molecule has 0 amide bonds. The number of nitrogens with one attached hydrogen (secondary N) is 1. The molecule has 1 aromatic carbocycles. The van der Waals surface area contributed by atoms with Gasteiger partial charge < -0.3 is 10.2 Å². The molecule has 0 aliphatic heterocycles. The summed E-state index contributed by atoms with van der Waals surface area (Å²) in [5, 5.41) is 3.39. The topological polar surface area (TPSA) is 15.3 Å².